The number of ether oxygens (including phenoxy) is 1. The van der Waals surface area contributed by atoms with Crippen LogP contribution in [0.3, 0.4) is 0 Å². The van der Waals surface area contributed by atoms with E-state index in [-0.39, 0.29) is 24.3 Å². The summed E-state index contributed by atoms with van der Waals surface area (Å²) in [5, 5.41) is 1.10. The number of piperazine rings is 1. The minimum Gasteiger partial charge on any atom is -0.496 e. The smallest absolute Gasteiger partial charge is 0.255 e. The number of para-hydroxylation sites is 2. The van der Waals surface area contributed by atoms with Gasteiger partial charge in [0.15, 0.2) is 5.54 Å². The van der Waals surface area contributed by atoms with Crippen LogP contribution in [-0.4, -0.2) is 46.8 Å². The molecule has 1 saturated heterocycles. The van der Waals surface area contributed by atoms with Gasteiger partial charge in [-0.3, -0.25) is 9.59 Å². The largest absolute Gasteiger partial charge is 0.496 e. The number of aryl methyl sites for hydroxylation is 1. The molecule has 0 radical (unpaired) electrons. The molecule has 0 spiro atoms. The molecule has 3 heterocycles. The van der Waals surface area contributed by atoms with Crippen molar-refractivity contribution in [1.82, 2.24) is 14.8 Å². The highest BCUT2D eigenvalue weighted by Gasteiger charge is 2.56. The molecular weight excluding hydrogens is 462 g/mol. The molecule has 2 aliphatic rings. The third kappa shape index (κ3) is 3.54. The Morgan fingerprint density at radius 1 is 1.00 bits per heavy atom. The standard InChI is InChI=1S/C31H31N3O3/c1-4-20-13-15-21(16-14-20)24-18-34-27(35)19-33(17-22-9-5-8-12-26(22)37-3)30(36)31(34,2)29-28(24)23-10-6-7-11-25(23)32-29/h5-16,24,32H,4,17-19H2,1-3H3/t24-,31+/m1/s1. The molecule has 0 bridgehead atoms. The average Bonchev–Trinajstić information content (AvgIpc) is 3.33. The van der Waals surface area contributed by atoms with Gasteiger partial charge in [-0.1, -0.05) is 67.6 Å². The van der Waals surface area contributed by atoms with E-state index < -0.39 is 5.54 Å². The van der Waals surface area contributed by atoms with Crippen molar-refractivity contribution in [3.05, 3.63) is 101 Å². The lowest BCUT2D eigenvalue weighted by Gasteiger charge is -2.51. The Morgan fingerprint density at radius 2 is 1.73 bits per heavy atom. The summed E-state index contributed by atoms with van der Waals surface area (Å²) in [7, 11) is 1.62. The van der Waals surface area contributed by atoms with Gasteiger partial charge in [-0.2, -0.15) is 0 Å². The van der Waals surface area contributed by atoms with E-state index in [0.29, 0.717) is 18.8 Å². The molecule has 188 valence electrons. The molecule has 6 nitrogen and oxygen atoms in total. The first-order chi connectivity index (χ1) is 18.0. The fourth-order valence-corrected chi connectivity index (χ4v) is 6.13. The van der Waals surface area contributed by atoms with E-state index in [1.165, 1.54) is 5.56 Å². The lowest BCUT2D eigenvalue weighted by atomic mass is 9.76. The van der Waals surface area contributed by atoms with Crippen LogP contribution >= 0.6 is 0 Å². The van der Waals surface area contributed by atoms with Crippen molar-refractivity contribution in [3.8, 4) is 5.75 Å². The second-order valence-electron chi connectivity index (χ2n) is 10.2. The monoisotopic (exact) mass is 493 g/mol. The Morgan fingerprint density at radius 3 is 2.49 bits per heavy atom. The van der Waals surface area contributed by atoms with E-state index in [2.05, 4.69) is 42.2 Å². The molecule has 4 aromatic rings. The molecule has 1 aromatic heterocycles. The van der Waals surface area contributed by atoms with Crippen molar-refractivity contribution < 1.29 is 14.3 Å². The topological polar surface area (TPSA) is 65.6 Å². The minimum atomic E-state index is -1.12. The molecule has 2 amide bonds. The Balaban J connectivity index is 1.48. The molecule has 37 heavy (non-hydrogen) atoms. The van der Waals surface area contributed by atoms with Gasteiger partial charge in [0.25, 0.3) is 5.91 Å². The molecule has 3 aromatic carbocycles. The van der Waals surface area contributed by atoms with Gasteiger partial charge in [-0.05, 0) is 42.2 Å². The lowest BCUT2D eigenvalue weighted by molar-refractivity contribution is -0.166. The van der Waals surface area contributed by atoms with Crippen molar-refractivity contribution in [1.29, 1.82) is 0 Å². The number of methoxy groups -OCH3 is 1. The van der Waals surface area contributed by atoms with E-state index >= 15 is 0 Å². The summed E-state index contributed by atoms with van der Waals surface area (Å²) in [5.74, 6) is 0.561. The van der Waals surface area contributed by atoms with E-state index in [1.807, 2.05) is 49.4 Å². The molecule has 2 atom stereocenters. The summed E-state index contributed by atoms with van der Waals surface area (Å²) in [6.45, 7) is 4.86. The lowest BCUT2D eigenvalue weighted by Crippen LogP contribution is -2.67. The van der Waals surface area contributed by atoms with E-state index in [1.54, 1.807) is 16.9 Å². The van der Waals surface area contributed by atoms with Gasteiger partial charge < -0.3 is 19.5 Å². The number of H-pyrrole nitrogens is 1. The summed E-state index contributed by atoms with van der Waals surface area (Å²) < 4.78 is 5.52. The SMILES string of the molecule is CCc1ccc([C@H]2CN3C(=O)CN(Cc4ccccc4OC)C(=O)[C@]3(C)c3[nH]c4ccccc4c32)cc1. The van der Waals surface area contributed by atoms with Gasteiger partial charge in [0.05, 0.1) is 12.8 Å². The van der Waals surface area contributed by atoms with Gasteiger partial charge in [0.2, 0.25) is 5.91 Å². The van der Waals surface area contributed by atoms with Crippen LogP contribution in [0.1, 0.15) is 47.7 Å². The number of rotatable bonds is 5. The number of nitrogens with one attached hydrogen (secondary N) is 1. The van der Waals surface area contributed by atoms with E-state index in [4.69, 9.17) is 4.74 Å². The molecule has 6 heteroatoms. The highest BCUT2D eigenvalue weighted by Crippen LogP contribution is 2.48. The van der Waals surface area contributed by atoms with Crippen molar-refractivity contribution >= 4 is 22.7 Å². The summed E-state index contributed by atoms with van der Waals surface area (Å²) in [5.41, 5.74) is 5.09. The van der Waals surface area contributed by atoms with Crippen LogP contribution in [0.4, 0.5) is 0 Å². The Kier molecular flexibility index (Phi) is 5.55. The first-order valence-electron chi connectivity index (χ1n) is 12.9. The van der Waals surface area contributed by atoms with Crippen LogP contribution in [0.2, 0.25) is 0 Å². The predicted octanol–water partition coefficient (Wildman–Crippen LogP) is 4.97. The maximum atomic E-state index is 14.3. The number of hydrogen-bond acceptors (Lipinski definition) is 3. The summed E-state index contributed by atoms with van der Waals surface area (Å²) in [6.07, 6.45) is 0.975. The molecule has 2 aliphatic heterocycles. The number of amides is 2. The summed E-state index contributed by atoms with van der Waals surface area (Å²) >= 11 is 0. The van der Waals surface area contributed by atoms with E-state index in [0.717, 1.165) is 39.7 Å². The second-order valence-corrected chi connectivity index (χ2v) is 10.2. The van der Waals surface area contributed by atoms with Gasteiger partial charge in [0, 0.05) is 35.5 Å². The molecule has 1 N–H and O–H groups in total. The molecular formula is C31H31N3O3. The number of aromatic nitrogens is 1. The average molecular weight is 494 g/mol. The Bertz CT molecular complexity index is 1510. The van der Waals surface area contributed by atoms with Crippen molar-refractivity contribution in [2.45, 2.75) is 38.3 Å². The first-order valence-corrected chi connectivity index (χ1v) is 12.9. The van der Waals surface area contributed by atoms with Gasteiger partial charge in [-0.25, -0.2) is 0 Å². The number of hydrogen-bond donors (Lipinski definition) is 1. The number of aromatic amines is 1. The summed E-state index contributed by atoms with van der Waals surface area (Å²) in [6, 6.07) is 24.5. The Hall–Kier alpha value is -4.06. The molecule has 0 saturated carbocycles. The van der Waals surface area contributed by atoms with Gasteiger partial charge in [0.1, 0.15) is 12.3 Å². The van der Waals surface area contributed by atoms with Crippen LogP contribution in [-0.2, 0) is 28.1 Å². The number of carbonyl (C=O) groups excluding carboxylic acids is 2. The quantitative estimate of drug-likeness (QED) is 0.427. The number of fused-ring (bicyclic) bond motifs is 5. The zero-order valence-corrected chi connectivity index (χ0v) is 21.5. The maximum Gasteiger partial charge on any atom is 0.255 e. The molecule has 1 fully saturated rings. The second kappa shape index (κ2) is 8.80. The van der Waals surface area contributed by atoms with Gasteiger partial charge in [-0.15, -0.1) is 0 Å². The number of benzene rings is 3. The zero-order chi connectivity index (χ0) is 25.7. The normalized spacial score (nSPS) is 21.2. The third-order valence-corrected chi connectivity index (χ3v) is 8.16. The maximum absolute atomic E-state index is 14.3. The van der Waals surface area contributed by atoms with Gasteiger partial charge >= 0.3 is 0 Å². The molecule has 0 aliphatic carbocycles. The van der Waals surface area contributed by atoms with Crippen molar-refractivity contribution in [2.75, 3.05) is 20.2 Å². The van der Waals surface area contributed by atoms with Crippen LogP contribution in [0.15, 0.2) is 72.8 Å². The van der Waals surface area contributed by atoms with Crippen LogP contribution < -0.4 is 4.74 Å². The summed E-state index contributed by atoms with van der Waals surface area (Å²) in [4.78, 5) is 35.0. The molecule has 0 unspecified atom stereocenters. The van der Waals surface area contributed by atoms with Crippen LogP contribution in [0, 0.1) is 0 Å². The Labute approximate surface area is 216 Å². The highest BCUT2D eigenvalue weighted by molar-refractivity contribution is 6.01. The molecule has 6 rings (SSSR count). The number of nitrogens with zero attached hydrogens (tertiary/aromatic N) is 2. The minimum absolute atomic E-state index is 0.0253. The van der Waals surface area contributed by atoms with E-state index in [9.17, 15) is 9.59 Å². The predicted molar refractivity (Wildman–Crippen MR) is 143 cm³/mol. The first kappa shape index (κ1) is 23.3. The number of carbonyl (C=O) groups is 2. The zero-order valence-electron chi connectivity index (χ0n) is 21.5. The van der Waals surface area contributed by atoms with Crippen molar-refractivity contribution in [3.63, 3.8) is 0 Å². The third-order valence-electron chi connectivity index (χ3n) is 8.16. The van der Waals surface area contributed by atoms with Crippen LogP contribution in [0.25, 0.3) is 10.9 Å². The fraction of sp³-hybridized carbons (Fsp3) is 0.290. The highest BCUT2D eigenvalue weighted by atomic mass is 16.5. The van der Waals surface area contributed by atoms with Crippen molar-refractivity contribution in [2.24, 2.45) is 0 Å². The van der Waals surface area contributed by atoms with Crippen LogP contribution in [0.5, 0.6) is 5.75 Å². The fourth-order valence-electron chi connectivity index (χ4n) is 6.13.